The molecule has 0 saturated carbocycles. The average Bonchev–Trinajstić information content (AvgIpc) is 2.97. The summed E-state index contributed by atoms with van der Waals surface area (Å²) < 4.78 is 0. The molecule has 0 fully saturated rings. The predicted octanol–water partition coefficient (Wildman–Crippen LogP) is 2.85. The second-order valence-electron chi connectivity index (χ2n) is 4.66. The van der Waals surface area contributed by atoms with Crippen LogP contribution in [0.3, 0.4) is 0 Å². The fourth-order valence-corrected chi connectivity index (χ4v) is 2.40. The number of nitrogens with one attached hydrogen (secondary N) is 4. The van der Waals surface area contributed by atoms with Gasteiger partial charge in [0.25, 0.3) is 5.91 Å². The third-order valence-corrected chi connectivity index (χ3v) is 3.50. The summed E-state index contributed by atoms with van der Waals surface area (Å²) in [6.07, 6.45) is 0. The second-order valence-corrected chi connectivity index (χ2v) is 5.51. The van der Waals surface area contributed by atoms with Crippen molar-refractivity contribution in [1.29, 1.82) is 0 Å². The molecule has 0 saturated heterocycles. The summed E-state index contributed by atoms with van der Waals surface area (Å²) >= 11 is 11.0. The fraction of sp³-hybridized carbons (Fsp3) is 0. The maximum Gasteiger partial charge on any atom is 0.290 e. The first-order valence-electron chi connectivity index (χ1n) is 6.69. The molecule has 0 radical (unpaired) electrons. The molecule has 0 atom stereocenters. The second kappa shape index (κ2) is 6.64. The van der Waals surface area contributed by atoms with Gasteiger partial charge in [0.05, 0.1) is 5.52 Å². The number of hydrogen-bond donors (Lipinski definition) is 4. The van der Waals surface area contributed by atoms with Gasteiger partial charge in [-0.3, -0.25) is 20.7 Å². The number of rotatable bonds is 2. The van der Waals surface area contributed by atoms with Gasteiger partial charge in [0, 0.05) is 16.1 Å². The van der Waals surface area contributed by atoms with Gasteiger partial charge in [-0.1, -0.05) is 35.9 Å². The van der Waals surface area contributed by atoms with E-state index >= 15 is 0 Å². The summed E-state index contributed by atoms with van der Waals surface area (Å²) in [5, 5.41) is 11.3. The third kappa shape index (κ3) is 3.58. The number of nitrogens with zero attached hydrogens (tertiary/aromatic N) is 1. The van der Waals surface area contributed by atoms with Crippen molar-refractivity contribution < 1.29 is 4.79 Å². The zero-order valence-corrected chi connectivity index (χ0v) is 13.3. The number of aromatic nitrogens is 2. The molecule has 2 aromatic carbocycles. The Kier molecular flexibility index (Phi) is 4.40. The molecule has 0 spiro atoms. The molecule has 0 aliphatic heterocycles. The van der Waals surface area contributed by atoms with Crippen LogP contribution in [0.15, 0.2) is 48.5 Å². The van der Waals surface area contributed by atoms with Crippen LogP contribution < -0.4 is 16.2 Å². The number of halogens is 1. The molecule has 1 amide bonds. The Morgan fingerprint density at radius 3 is 2.78 bits per heavy atom. The SMILES string of the molecule is O=C(NNC(=S)Nc1cccc(Cl)c1)c1n[nH]c2ccccc12. The monoisotopic (exact) mass is 345 g/mol. The van der Waals surface area contributed by atoms with E-state index in [1.165, 1.54) is 0 Å². The Labute approximate surface area is 142 Å². The summed E-state index contributed by atoms with van der Waals surface area (Å²) in [5.74, 6) is -0.391. The lowest BCUT2D eigenvalue weighted by Gasteiger charge is -2.11. The first-order valence-corrected chi connectivity index (χ1v) is 7.48. The van der Waals surface area contributed by atoms with Crippen molar-refractivity contribution in [3.63, 3.8) is 0 Å². The highest BCUT2D eigenvalue weighted by molar-refractivity contribution is 7.80. The normalized spacial score (nSPS) is 10.3. The highest BCUT2D eigenvalue weighted by atomic mass is 35.5. The van der Waals surface area contributed by atoms with Crippen LogP contribution in [-0.4, -0.2) is 21.2 Å². The molecule has 116 valence electrons. The molecule has 0 bridgehead atoms. The van der Waals surface area contributed by atoms with Gasteiger partial charge in [0.1, 0.15) is 0 Å². The van der Waals surface area contributed by atoms with E-state index in [2.05, 4.69) is 26.4 Å². The van der Waals surface area contributed by atoms with Crippen LogP contribution in [0.5, 0.6) is 0 Å². The Morgan fingerprint density at radius 1 is 1.13 bits per heavy atom. The summed E-state index contributed by atoms with van der Waals surface area (Å²) in [6, 6.07) is 14.4. The molecule has 3 rings (SSSR count). The van der Waals surface area contributed by atoms with E-state index in [9.17, 15) is 4.79 Å². The summed E-state index contributed by atoms with van der Waals surface area (Å²) in [7, 11) is 0. The van der Waals surface area contributed by atoms with E-state index < -0.39 is 5.91 Å². The molecule has 3 aromatic rings. The Morgan fingerprint density at radius 2 is 1.96 bits per heavy atom. The number of carbonyl (C=O) groups is 1. The lowest BCUT2D eigenvalue weighted by atomic mass is 10.2. The van der Waals surface area contributed by atoms with Crippen LogP contribution in [0.1, 0.15) is 10.5 Å². The molecule has 8 heteroatoms. The van der Waals surface area contributed by atoms with Crippen LogP contribution in [0.4, 0.5) is 5.69 Å². The third-order valence-electron chi connectivity index (χ3n) is 3.06. The van der Waals surface area contributed by atoms with E-state index in [4.69, 9.17) is 23.8 Å². The van der Waals surface area contributed by atoms with Crippen LogP contribution in [0.2, 0.25) is 5.02 Å². The van der Waals surface area contributed by atoms with Gasteiger partial charge in [0.15, 0.2) is 10.8 Å². The fourth-order valence-electron chi connectivity index (χ4n) is 2.04. The molecule has 0 aliphatic rings. The van der Waals surface area contributed by atoms with Crippen LogP contribution in [-0.2, 0) is 0 Å². The minimum absolute atomic E-state index is 0.237. The Balaban J connectivity index is 1.61. The lowest BCUT2D eigenvalue weighted by molar-refractivity contribution is 0.0940. The van der Waals surface area contributed by atoms with E-state index in [0.717, 1.165) is 16.6 Å². The highest BCUT2D eigenvalue weighted by Gasteiger charge is 2.13. The maximum absolute atomic E-state index is 12.2. The molecule has 0 unspecified atom stereocenters. The Bertz CT molecular complexity index is 879. The van der Waals surface area contributed by atoms with Crippen LogP contribution in [0.25, 0.3) is 10.9 Å². The van der Waals surface area contributed by atoms with Crippen molar-refractivity contribution in [3.8, 4) is 0 Å². The molecule has 4 N–H and O–H groups in total. The number of anilines is 1. The highest BCUT2D eigenvalue weighted by Crippen LogP contribution is 2.15. The van der Waals surface area contributed by atoms with Crippen molar-refractivity contribution in [2.45, 2.75) is 0 Å². The minimum atomic E-state index is -0.391. The average molecular weight is 346 g/mol. The molecule has 23 heavy (non-hydrogen) atoms. The van der Waals surface area contributed by atoms with Crippen molar-refractivity contribution in [3.05, 3.63) is 59.2 Å². The molecule has 1 heterocycles. The summed E-state index contributed by atoms with van der Waals surface area (Å²) in [5.41, 5.74) is 6.93. The maximum atomic E-state index is 12.2. The predicted molar refractivity (Wildman–Crippen MR) is 94.4 cm³/mol. The van der Waals surface area contributed by atoms with Crippen molar-refractivity contribution in [2.24, 2.45) is 0 Å². The number of carbonyl (C=O) groups excluding carboxylic acids is 1. The van der Waals surface area contributed by atoms with Gasteiger partial charge in [-0.15, -0.1) is 0 Å². The zero-order chi connectivity index (χ0) is 16.2. The van der Waals surface area contributed by atoms with Gasteiger partial charge in [-0.2, -0.15) is 5.10 Å². The molecule has 6 nitrogen and oxygen atoms in total. The van der Waals surface area contributed by atoms with Gasteiger partial charge >= 0.3 is 0 Å². The molecule has 0 aliphatic carbocycles. The quantitative estimate of drug-likeness (QED) is 0.424. The summed E-state index contributed by atoms with van der Waals surface area (Å²) in [6.45, 7) is 0. The number of hydrazine groups is 1. The van der Waals surface area contributed by atoms with Gasteiger partial charge in [-0.05, 0) is 36.5 Å². The number of amides is 1. The largest absolute Gasteiger partial charge is 0.331 e. The molecular formula is C15H12ClN5OS. The molecular weight excluding hydrogens is 334 g/mol. The number of benzene rings is 2. The number of hydrogen-bond acceptors (Lipinski definition) is 3. The van der Waals surface area contributed by atoms with E-state index in [1.54, 1.807) is 18.2 Å². The van der Waals surface area contributed by atoms with Gasteiger partial charge < -0.3 is 5.32 Å². The van der Waals surface area contributed by atoms with E-state index in [1.807, 2.05) is 30.3 Å². The van der Waals surface area contributed by atoms with Gasteiger partial charge in [0.2, 0.25) is 0 Å². The first kappa shape index (κ1) is 15.3. The zero-order valence-electron chi connectivity index (χ0n) is 11.8. The topological polar surface area (TPSA) is 81.8 Å². The molecule has 1 aromatic heterocycles. The van der Waals surface area contributed by atoms with Crippen molar-refractivity contribution in [1.82, 2.24) is 21.0 Å². The number of thiocarbonyl (C=S) groups is 1. The number of H-pyrrole nitrogens is 1. The summed E-state index contributed by atoms with van der Waals surface area (Å²) in [4.78, 5) is 12.2. The smallest absolute Gasteiger partial charge is 0.290 e. The van der Waals surface area contributed by atoms with Crippen molar-refractivity contribution >= 4 is 51.4 Å². The standard InChI is InChI=1S/C15H12ClN5OS/c16-9-4-3-5-10(8-9)17-15(23)21-20-14(22)13-11-6-1-2-7-12(11)18-19-13/h1-8H,(H,18,19)(H,20,22)(H2,17,21,23). The van der Waals surface area contributed by atoms with Gasteiger partial charge in [-0.25, -0.2) is 0 Å². The van der Waals surface area contributed by atoms with Crippen molar-refractivity contribution in [2.75, 3.05) is 5.32 Å². The Hall–Kier alpha value is -2.64. The van der Waals surface area contributed by atoms with E-state index in [-0.39, 0.29) is 5.11 Å². The van der Waals surface area contributed by atoms with E-state index in [0.29, 0.717) is 10.7 Å². The minimum Gasteiger partial charge on any atom is -0.331 e. The number of fused-ring (bicyclic) bond motifs is 1. The van der Waals surface area contributed by atoms with Crippen LogP contribution in [0, 0.1) is 0 Å². The lowest BCUT2D eigenvalue weighted by Crippen LogP contribution is -2.43. The number of para-hydroxylation sites is 1. The number of aromatic amines is 1. The first-order chi connectivity index (χ1) is 11.1. The van der Waals surface area contributed by atoms with Crippen LogP contribution >= 0.6 is 23.8 Å².